The number of benzene rings is 1. The fraction of sp³-hybridized carbons (Fsp3) is 0.333. The largest absolute Gasteiger partial charge is 0.493 e. The minimum Gasteiger partial charge on any atom is -0.493 e. The highest BCUT2D eigenvalue weighted by molar-refractivity contribution is 9.09. The maximum Gasteiger partial charge on any atom is 0.129 e. The lowest BCUT2D eigenvalue weighted by Gasteiger charge is -2.04. The monoisotopic (exact) mass is 232 g/mol. The van der Waals surface area contributed by atoms with Crippen LogP contribution in [0.4, 0.5) is 4.39 Å². The maximum absolute atomic E-state index is 12.9. The SMILES string of the molecule is Cc1ccc(OCCBr)cc1F. The van der Waals surface area contributed by atoms with Crippen molar-refractivity contribution in [2.45, 2.75) is 6.92 Å². The Kier molecular flexibility index (Phi) is 3.53. The highest BCUT2D eigenvalue weighted by atomic mass is 79.9. The Balaban J connectivity index is 2.69. The first kappa shape index (κ1) is 9.52. The van der Waals surface area contributed by atoms with Crippen molar-refractivity contribution in [3.05, 3.63) is 29.6 Å². The molecule has 0 saturated carbocycles. The Bertz CT molecular complexity index is 263. The molecule has 12 heavy (non-hydrogen) atoms. The molecule has 1 aromatic rings. The molecule has 1 aromatic carbocycles. The molecule has 0 aliphatic carbocycles. The van der Waals surface area contributed by atoms with Crippen LogP contribution in [0, 0.1) is 12.7 Å². The zero-order chi connectivity index (χ0) is 8.97. The van der Waals surface area contributed by atoms with Gasteiger partial charge in [0.1, 0.15) is 11.6 Å². The second-order valence-electron chi connectivity index (χ2n) is 2.45. The minimum atomic E-state index is -0.220. The lowest BCUT2D eigenvalue weighted by Crippen LogP contribution is -1.98. The van der Waals surface area contributed by atoms with E-state index in [-0.39, 0.29) is 5.82 Å². The van der Waals surface area contributed by atoms with Crippen LogP contribution in [0.3, 0.4) is 0 Å². The highest BCUT2D eigenvalue weighted by Gasteiger charge is 1.98. The number of ether oxygens (including phenoxy) is 1. The smallest absolute Gasteiger partial charge is 0.129 e. The van der Waals surface area contributed by atoms with Crippen molar-refractivity contribution in [3.63, 3.8) is 0 Å². The van der Waals surface area contributed by atoms with Gasteiger partial charge in [-0.2, -0.15) is 0 Å². The molecule has 0 unspecified atom stereocenters. The number of hydrogen-bond donors (Lipinski definition) is 0. The van der Waals surface area contributed by atoms with Gasteiger partial charge >= 0.3 is 0 Å². The van der Waals surface area contributed by atoms with Crippen LogP contribution in [0.5, 0.6) is 5.75 Å². The van der Waals surface area contributed by atoms with Gasteiger partial charge in [-0.1, -0.05) is 22.0 Å². The fourth-order valence-electron chi connectivity index (χ4n) is 0.820. The van der Waals surface area contributed by atoms with Gasteiger partial charge in [-0.25, -0.2) is 4.39 Å². The third kappa shape index (κ3) is 2.48. The van der Waals surface area contributed by atoms with Crippen LogP contribution in [-0.4, -0.2) is 11.9 Å². The van der Waals surface area contributed by atoms with Crippen molar-refractivity contribution in [3.8, 4) is 5.75 Å². The van der Waals surface area contributed by atoms with Crippen LogP contribution in [0.15, 0.2) is 18.2 Å². The number of hydrogen-bond acceptors (Lipinski definition) is 1. The highest BCUT2D eigenvalue weighted by Crippen LogP contribution is 2.15. The van der Waals surface area contributed by atoms with Crippen molar-refractivity contribution in [1.82, 2.24) is 0 Å². The maximum atomic E-state index is 12.9. The first-order chi connectivity index (χ1) is 5.74. The summed E-state index contributed by atoms with van der Waals surface area (Å²) in [5, 5.41) is 0.752. The second-order valence-corrected chi connectivity index (χ2v) is 3.24. The fourth-order valence-corrected chi connectivity index (χ4v) is 0.982. The van der Waals surface area contributed by atoms with E-state index in [1.165, 1.54) is 6.07 Å². The molecule has 0 N–H and O–H groups in total. The average Bonchev–Trinajstić information content (AvgIpc) is 2.07. The van der Waals surface area contributed by atoms with E-state index in [2.05, 4.69) is 15.9 Å². The summed E-state index contributed by atoms with van der Waals surface area (Å²) in [6.07, 6.45) is 0. The third-order valence-corrected chi connectivity index (χ3v) is 1.81. The van der Waals surface area contributed by atoms with Crippen molar-refractivity contribution in [2.75, 3.05) is 11.9 Å². The molecular weight excluding hydrogens is 223 g/mol. The molecule has 0 saturated heterocycles. The summed E-state index contributed by atoms with van der Waals surface area (Å²) >= 11 is 3.22. The van der Waals surface area contributed by atoms with Gasteiger partial charge in [-0.05, 0) is 18.6 Å². The number of halogens is 2. The Morgan fingerprint density at radius 3 is 2.83 bits per heavy atom. The molecule has 66 valence electrons. The van der Waals surface area contributed by atoms with Crippen LogP contribution in [-0.2, 0) is 0 Å². The zero-order valence-corrected chi connectivity index (χ0v) is 8.40. The first-order valence-electron chi connectivity index (χ1n) is 3.69. The average molecular weight is 233 g/mol. The number of alkyl halides is 1. The van der Waals surface area contributed by atoms with Crippen molar-refractivity contribution < 1.29 is 9.13 Å². The van der Waals surface area contributed by atoms with Gasteiger partial charge < -0.3 is 4.74 Å². The van der Waals surface area contributed by atoms with E-state index in [9.17, 15) is 4.39 Å². The summed E-state index contributed by atoms with van der Waals surface area (Å²) in [5.41, 5.74) is 0.640. The van der Waals surface area contributed by atoms with Crippen LogP contribution >= 0.6 is 15.9 Å². The summed E-state index contributed by atoms with van der Waals surface area (Å²) in [6, 6.07) is 4.87. The molecule has 0 amide bonds. The summed E-state index contributed by atoms with van der Waals surface area (Å²) in [5.74, 6) is 0.361. The van der Waals surface area contributed by atoms with E-state index in [0.717, 1.165) is 5.33 Å². The molecular formula is C9H10BrFO. The second kappa shape index (κ2) is 4.45. The molecule has 0 bridgehead atoms. The Labute approximate surface area is 79.7 Å². The van der Waals surface area contributed by atoms with E-state index < -0.39 is 0 Å². The molecule has 0 aromatic heterocycles. The molecule has 1 rings (SSSR count). The van der Waals surface area contributed by atoms with Gasteiger partial charge in [0.2, 0.25) is 0 Å². The van der Waals surface area contributed by atoms with Gasteiger partial charge in [0.25, 0.3) is 0 Å². The zero-order valence-electron chi connectivity index (χ0n) is 6.81. The molecule has 0 fully saturated rings. The quantitative estimate of drug-likeness (QED) is 0.729. The third-order valence-electron chi connectivity index (χ3n) is 1.49. The van der Waals surface area contributed by atoms with Crippen LogP contribution in [0.1, 0.15) is 5.56 Å². The predicted molar refractivity (Wildman–Crippen MR) is 50.4 cm³/mol. The normalized spacial score (nSPS) is 9.92. The standard InChI is InChI=1S/C9H10BrFO/c1-7-2-3-8(6-9(7)11)12-5-4-10/h2-3,6H,4-5H2,1H3. The van der Waals surface area contributed by atoms with Crippen LogP contribution in [0.2, 0.25) is 0 Å². The Hall–Kier alpha value is -0.570. The molecule has 0 heterocycles. The predicted octanol–water partition coefficient (Wildman–Crippen LogP) is 2.91. The van der Waals surface area contributed by atoms with E-state index in [1.54, 1.807) is 19.1 Å². The van der Waals surface area contributed by atoms with Gasteiger partial charge in [0, 0.05) is 11.4 Å². The van der Waals surface area contributed by atoms with E-state index in [4.69, 9.17) is 4.74 Å². The van der Waals surface area contributed by atoms with E-state index in [1.807, 2.05) is 0 Å². The molecule has 0 radical (unpaired) electrons. The number of rotatable bonds is 3. The topological polar surface area (TPSA) is 9.23 Å². The van der Waals surface area contributed by atoms with Gasteiger partial charge in [-0.15, -0.1) is 0 Å². The summed E-state index contributed by atoms with van der Waals surface area (Å²) < 4.78 is 18.1. The van der Waals surface area contributed by atoms with Gasteiger partial charge in [0.05, 0.1) is 6.61 Å². The molecule has 0 aliphatic heterocycles. The van der Waals surface area contributed by atoms with Crippen molar-refractivity contribution in [1.29, 1.82) is 0 Å². The van der Waals surface area contributed by atoms with E-state index in [0.29, 0.717) is 17.9 Å². The minimum absolute atomic E-state index is 0.220. The van der Waals surface area contributed by atoms with Crippen LogP contribution < -0.4 is 4.74 Å². The van der Waals surface area contributed by atoms with Crippen molar-refractivity contribution in [2.24, 2.45) is 0 Å². The lowest BCUT2D eigenvalue weighted by molar-refractivity contribution is 0.343. The number of aryl methyl sites for hydroxylation is 1. The summed E-state index contributed by atoms with van der Waals surface area (Å²) in [4.78, 5) is 0. The Morgan fingerprint density at radius 1 is 1.50 bits per heavy atom. The molecule has 0 spiro atoms. The van der Waals surface area contributed by atoms with E-state index >= 15 is 0 Å². The van der Waals surface area contributed by atoms with Gasteiger partial charge in [-0.3, -0.25) is 0 Å². The molecule has 3 heteroatoms. The molecule has 1 nitrogen and oxygen atoms in total. The summed E-state index contributed by atoms with van der Waals surface area (Å²) in [7, 11) is 0. The van der Waals surface area contributed by atoms with Crippen LogP contribution in [0.25, 0.3) is 0 Å². The van der Waals surface area contributed by atoms with Crippen molar-refractivity contribution >= 4 is 15.9 Å². The van der Waals surface area contributed by atoms with Gasteiger partial charge in [0.15, 0.2) is 0 Å². The molecule has 0 aliphatic rings. The summed E-state index contributed by atoms with van der Waals surface area (Å²) in [6.45, 7) is 2.28. The Morgan fingerprint density at radius 2 is 2.25 bits per heavy atom. The molecule has 0 atom stereocenters. The lowest BCUT2D eigenvalue weighted by atomic mass is 10.2. The first-order valence-corrected chi connectivity index (χ1v) is 4.81.